The van der Waals surface area contributed by atoms with E-state index >= 15 is 0 Å². The Labute approximate surface area is 227 Å². The Hall–Kier alpha value is -3.34. The second-order valence-electron chi connectivity index (χ2n) is 10.1. The summed E-state index contributed by atoms with van der Waals surface area (Å²) in [6.45, 7) is 12.1. The lowest BCUT2D eigenvalue weighted by molar-refractivity contribution is -0.139. The molecule has 39 heavy (non-hydrogen) atoms. The molecule has 0 saturated carbocycles. The lowest BCUT2D eigenvalue weighted by Gasteiger charge is -2.38. The Morgan fingerprint density at radius 3 is 2.44 bits per heavy atom. The van der Waals surface area contributed by atoms with Gasteiger partial charge in [-0.25, -0.2) is 9.59 Å². The topological polar surface area (TPSA) is 82.2 Å². The van der Waals surface area contributed by atoms with E-state index in [4.69, 9.17) is 4.74 Å². The number of nitrogens with one attached hydrogen (secondary N) is 1. The quantitative estimate of drug-likeness (QED) is 0.365. The first-order valence-corrected chi connectivity index (χ1v) is 13.2. The number of halogens is 3. The van der Waals surface area contributed by atoms with Crippen molar-refractivity contribution in [2.24, 2.45) is 5.92 Å². The van der Waals surface area contributed by atoms with Gasteiger partial charge in [0.1, 0.15) is 0 Å². The van der Waals surface area contributed by atoms with Crippen LogP contribution in [0.3, 0.4) is 0 Å². The maximum Gasteiger partial charge on any atom is 0.416 e. The van der Waals surface area contributed by atoms with Crippen LogP contribution in [0.5, 0.6) is 0 Å². The number of carbonyl (C=O) groups excluding carboxylic acids is 3. The van der Waals surface area contributed by atoms with Crippen molar-refractivity contribution < 1.29 is 32.3 Å². The minimum absolute atomic E-state index is 0.0847. The van der Waals surface area contributed by atoms with E-state index in [2.05, 4.69) is 16.8 Å². The van der Waals surface area contributed by atoms with Gasteiger partial charge >= 0.3 is 18.2 Å². The van der Waals surface area contributed by atoms with Crippen LogP contribution in [0, 0.1) is 5.92 Å². The van der Waals surface area contributed by atoms with Crippen molar-refractivity contribution in [2.45, 2.75) is 45.8 Å². The number of rotatable bonds is 9. The molecule has 8 nitrogen and oxygen atoms in total. The van der Waals surface area contributed by atoms with Gasteiger partial charge in [-0.3, -0.25) is 14.6 Å². The molecule has 3 rings (SSSR count). The fourth-order valence-corrected chi connectivity index (χ4v) is 4.83. The molecule has 0 aromatic heterocycles. The van der Waals surface area contributed by atoms with Gasteiger partial charge in [-0.2, -0.15) is 13.2 Å². The van der Waals surface area contributed by atoms with E-state index in [9.17, 15) is 27.6 Å². The molecule has 214 valence electrons. The van der Waals surface area contributed by atoms with Crippen LogP contribution in [0.25, 0.3) is 0 Å². The highest BCUT2D eigenvalue weighted by Gasteiger charge is 2.39. The van der Waals surface area contributed by atoms with Gasteiger partial charge in [0.05, 0.1) is 23.8 Å². The molecule has 1 saturated heterocycles. The van der Waals surface area contributed by atoms with Crippen LogP contribution >= 0.6 is 0 Å². The Kier molecular flexibility index (Phi) is 10.2. The average molecular weight is 551 g/mol. The molecule has 11 heteroatoms. The van der Waals surface area contributed by atoms with Crippen LogP contribution in [0.4, 0.5) is 18.0 Å². The van der Waals surface area contributed by atoms with Gasteiger partial charge in [-0.1, -0.05) is 32.1 Å². The fraction of sp³-hybridized carbons (Fsp3) is 0.536. The predicted molar refractivity (Wildman–Crippen MR) is 140 cm³/mol. The normalized spacial score (nSPS) is 19.2. The average Bonchev–Trinajstić information content (AvgIpc) is 3.11. The molecule has 2 aliphatic heterocycles. The van der Waals surface area contributed by atoms with Gasteiger partial charge in [0.15, 0.2) is 0 Å². The van der Waals surface area contributed by atoms with Crippen LogP contribution in [-0.2, 0) is 20.5 Å². The predicted octanol–water partition coefficient (Wildman–Crippen LogP) is 4.36. The molecule has 0 spiro atoms. The third-order valence-electron chi connectivity index (χ3n) is 6.71. The smallest absolute Gasteiger partial charge is 0.416 e. The zero-order valence-corrected chi connectivity index (χ0v) is 22.7. The van der Waals surface area contributed by atoms with E-state index in [0.29, 0.717) is 43.9 Å². The largest absolute Gasteiger partial charge is 0.463 e. The molecule has 2 aliphatic rings. The molecule has 0 radical (unpaired) electrons. The van der Waals surface area contributed by atoms with E-state index in [1.165, 1.54) is 23.1 Å². The minimum atomic E-state index is -4.52. The molecule has 1 aromatic rings. The summed E-state index contributed by atoms with van der Waals surface area (Å²) in [7, 11) is 0. The summed E-state index contributed by atoms with van der Waals surface area (Å²) in [6, 6.07) is 2.89. The van der Waals surface area contributed by atoms with Gasteiger partial charge in [0.25, 0.3) is 0 Å². The van der Waals surface area contributed by atoms with Crippen molar-refractivity contribution >= 4 is 17.9 Å². The Balaban J connectivity index is 1.98. The van der Waals surface area contributed by atoms with Crippen LogP contribution in [0.1, 0.15) is 50.8 Å². The molecule has 2 heterocycles. The SMILES string of the molecule is C=CCN1C(=O)N[C@H](c2ccc(C(F)(F)F)cc2)C(C(=O)OCC)=C1CN1CCCN(C(=O)CC(C)C)CC1. The monoisotopic (exact) mass is 550 g/mol. The Morgan fingerprint density at radius 1 is 1.15 bits per heavy atom. The number of nitrogens with zero attached hydrogens (tertiary/aromatic N) is 3. The van der Waals surface area contributed by atoms with Crippen molar-refractivity contribution in [3.05, 3.63) is 59.3 Å². The highest BCUT2D eigenvalue weighted by molar-refractivity contribution is 5.95. The first kappa shape index (κ1) is 30.2. The van der Waals surface area contributed by atoms with Gasteiger partial charge in [0, 0.05) is 51.4 Å². The highest BCUT2D eigenvalue weighted by Crippen LogP contribution is 2.35. The number of esters is 1. The molecule has 0 unspecified atom stereocenters. The van der Waals surface area contributed by atoms with E-state index in [1.54, 1.807) is 6.92 Å². The van der Waals surface area contributed by atoms with Crippen molar-refractivity contribution in [2.75, 3.05) is 45.9 Å². The summed E-state index contributed by atoms with van der Waals surface area (Å²) in [6.07, 6.45) is -1.78. The van der Waals surface area contributed by atoms with Gasteiger partial charge in [-0.05, 0) is 37.0 Å². The third-order valence-corrected chi connectivity index (χ3v) is 6.71. The summed E-state index contributed by atoms with van der Waals surface area (Å²) in [5, 5.41) is 2.76. The maximum absolute atomic E-state index is 13.3. The summed E-state index contributed by atoms with van der Waals surface area (Å²) in [4.78, 5) is 44.5. The zero-order chi connectivity index (χ0) is 28.7. The second kappa shape index (κ2) is 13.1. The fourth-order valence-electron chi connectivity index (χ4n) is 4.83. The highest BCUT2D eigenvalue weighted by atomic mass is 19.4. The second-order valence-corrected chi connectivity index (χ2v) is 10.1. The van der Waals surface area contributed by atoms with Crippen molar-refractivity contribution in [1.82, 2.24) is 20.0 Å². The molecule has 1 atom stereocenters. The Morgan fingerprint density at radius 2 is 1.85 bits per heavy atom. The van der Waals surface area contributed by atoms with E-state index in [0.717, 1.165) is 18.6 Å². The number of urea groups is 1. The number of alkyl halides is 3. The lowest BCUT2D eigenvalue weighted by Crippen LogP contribution is -2.51. The molecule has 3 amide bonds. The zero-order valence-electron chi connectivity index (χ0n) is 22.7. The first-order valence-electron chi connectivity index (χ1n) is 13.2. The molecule has 1 fully saturated rings. The van der Waals surface area contributed by atoms with Crippen LogP contribution in [-0.4, -0.2) is 78.5 Å². The van der Waals surface area contributed by atoms with E-state index in [1.807, 2.05) is 18.7 Å². The van der Waals surface area contributed by atoms with Crippen LogP contribution in [0.2, 0.25) is 0 Å². The number of hydrogen-bond donors (Lipinski definition) is 1. The first-order chi connectivity index (χ1) is 18.5. The number of amides is 3. The van der Waals surface area contributed by atoms with Crippen molar-refractivity contribution in [3.8, 4) is 0 Å². The minimum Gasteiger partial charge on any atom is -0.463 e. The maximum atomic E-state index is 13.3. The van der Waals surface area contributed by atoms with Crippen molar-refractivity contribution in [3.63, 3.8) is 0 Å². The molecule has 0 bridgehead atoms. The molecule has 0 aliphatic carbocycles. The number of ether oxygens (including phenoxy) is 1. The van der Waals surface area contributed by atoms with E-state index in [-0.39, 0.29) is 37.1 Å². The molecule has 1 aromatic carbocycles. The number of benzene rings is 1. The summed E-state index contributed by atoms with van der Waals surface area (Å²) < 4.78 is 44.8. The third kappa shape index (κ3) is 7.62. The number of carbonyl (C=O) groups is 3. The van der Waals surface area contributed by atoms with Crippen molar-refractivity contribution in [1.29, 1.82) is 0 Å². The van der Waals surface area contributed by atoms with Gasteiger partial charge in [-0.15, -0.1) is 6.58 Å². The van der Waals surface area contributed by atoms with Gasteiger partial charge in [0.2, 0.25) is 5.91 Å². The summed E-state index contributed by atoms with van der Waals surface area (Å²) in [5.74, 6) is -0.300. The van der Waals surface area contributed by atoms with E-state index < -0.39 is 29.8 Å². The molecular formula is C28H37F3N4O4. The standard InChI is InChI=1S/C28H37F3N4O4/c1-5-12-35-22(18-33-13-7-14-34(16-15-33)23(36)17-19(3)4)24(26(37)39-6-2)25(32-27(35)38)20-8-10-21(11-9-20)28(29,30)31/h5,8-11,19,25H,1,6-7,12-18H2,2-4H3,(H,32,38)/t25-/m1/s1. The number of hydrogen-bond acceptors (Lipinski definition) is 5. The summed E-state index contributed by atoms with van der Waals surface area (Å²) >= 11 is 0. The molecular weight excluding hydrogens is 513 g/mol. The summed E-state index contributed by atoms with van der Waals surface area (Å²) in [5.41, 5.74) is 0.0696. The van der Waals surface area contributed by atoms with Gasteiger partial charge < -0.3 is 15.0 Å². The Bertz CT molecular complexity index is 1090. The molecule has 1 N–H and O–H groups in total. The van der Waals surface area contributed by atoms with Crippen LogP contribution in [0.15, 0.2) is 48.2 Å². The van der Waals surface area contributed by atoms with Crippen LogP contribution < -0.4 is 5.32 Å². The lowest BCUT2D eigenvalue weighted by atomic mass is 9.93.